The highest BCUT2D eigenvalue weighted by molar-refractivity contribution is 5.86. The fourth-order valence-electron chi connectivity index (χ4n) is 6.02. The maximum Gasteiger partial charge on any atom is 0.328 e. The van der Waals surface area contributed by atoms with Gasteiger partial charge in [0.05, 0.1) is 13.5 Å². The number of hydrogen-bond acceptors (Lipinski definition) is 6. The fraction of sp³-hybridized carbons (Fsp3) is 0.517. The molecule has 0 unspecified atom stereocenters. The average molecular weight is 491 g/mol. The first-order valence-electron chi connectivity index (χ1n) is 13.4. The fourth-order valence-corrected chi connectivity index (χ4v) is 6.02. The molecule has 3 heterocycles. The molecule has 0 N–H and O–H groups in total. The molecule has 3 fully saturated rings. The van der Waals surface area contributed by atoms with E-state index in [1.165, 1.54) is 31.3 Å². The van der Waals surface area contributed by atoms with E-state index in [2.05, 4.69) is 69.3 Å². The quantitative estimate of drug-likeness (QED) is 0.580. The summed E-state index contributed by atoms with van der Waals surface area (Å²) in [6, 6.07) is 19.4. The molecule has 0 spiro atoms. The van der Waals surface area contributed by atoms with E-state index in [-0.39, 0.29) is 11.9 Å². The monoisotopic (exact) mass is 490 g/mol. The van der Waals surface area contributed by atoms with Crippen molar-refractivity contribution in [3.63, 3.8) is 0 Å². The zero-order chi connectivity index (χ0) is 24.9. The van der Waals surface area contributed by atoms with E-state index in [4.69, 9.17) is 4.74 Å². The third-order valence-electron chi connectivity index (χ3n) is 8.12. The van der Waals surface area contributed by atoms with E-state index >= 15 is 0 Å². The van der Waals surface area contributed by atoms with E-state index in [1.807, 2.05) is 0 Å². The standard InChI is InChI=1S/C29H38N4O3/c1-36-29(35)27-8-5-15-33(27)28(34)22-23-9-11-25(12-10-23)30-16-13-26(14-17-30)32-20-18-31(19-21-32)24-6-3-2-4-7-24/h2-4,6-7,9-12,26-27H,5,8,13-22H2,1H3/t27-/m0/s1. The second-order valence-corrected chi connectivity index (χ2v) is 10.2. The highest BCUT2D eigenvalue weighted by atomic mass is 16.5. The summed E-state index contributed by atoms with van der Waals surface area (Å²) in [4.78, 5) is 34.1. The summed E-state index contributed by atoms with van der Waals surface area (Å²) in [7, 11) is 1.39. The molecule has 3 aliphatic heterocycles. The van der Waals surface area contributed by atoms with Gasteiger partial charge in [-0.15, -0.1) is 0 Å². The number of rotatable bonds is 6. The topological polar surface area (TPSA) is 56.3 Å². The van der Waals surface area contributed by atoms with E-state index in [1.54, 1.807) is 4.90 Å². The van der Waals surface area contributed by atoms with Gasteiger partial charge in [-0.1, -0.05) is 30.3 Å². The van der Waals surface area contributed by atoms with Crippen LogP contribution in [0.4, 0.5) is 11.4 Å². The number of amides is 1. The number of para-hydroxylation sites is 1. The van der Waals surface area contributed by atoms with Gasteiger partial charge in [0, 0.05) is 63.2 Å². The lowest BCUT2D eigenvalue weighted by molar-refractivity contribution is -0.150. The molecular formula is C29H38N4O3. The molecule has 0 aromatic heterocycles. The number of piperidine rings is 1. The Morgan fingerprint density at radius 1 is 0.778 bits per heavy atom. The Balaban J connectivity index is 1.09. The number of anilines is 2. The van der Waals surface area contributed by atoms with Crippen LogP contribution in [0.5, 0.6) is 0 Å². The minimum absolute atomic E-state index is 0.00354. The Morgan fingerprint density at radius 2 is 1.42 bits per heavy atom. The number of benzene rings is 2. The SMILES string of the molecule is COC(=O)[C@@H]1CCCN1C(=O)Cc1ccc(N2CCC(N3CCN(c4ccccc4)CC3)CC2)cc1. The highest BCUT2D eigenvalue weighted by Crippen LogP contribution is 2.26. The van der Waals surface area contributed by atoms with Gasteiger partial charge in [0.2, 0.25) is 5.91 Å². The van der Waals surface area contributed by atoms with Crippen LogP contribution in [0.15, 0.2) is 54.6 Å². The summed E-state index contributed by atoms with van der Waals surface area (Å²) in [6.07, 6.45) is 4.24. The second kappa shape index (κ2) is 11.3. The third kappa shape index (κ3) is 5.51. The lowest BCUT2D eigenvalue weighted by Gasteiger charge is -2.43. The number of carbonyl (C=O) groups is 2. The van der Waals surface area contributed by atoms with Crippen LogP contribution >= 0.6 is 0 Å². The molecular weight excluding hydrogens is 452 g/mol. The summed E-state index contributed by atoms with van der Waals surface area (Å²) < 4.78 is 4.87. The summed E-state index contributed by atoms with van der Waals surface area (Å²) >= 11 is 0. The Labute approximate surface area is 214 Å². The van der Waals surface area contributed by atoms with Crippen LogP contribution in [0, 0.1) is 0 Å². The second-order valence-electron chi connectivity index (χ2n) is 10.2. The number of ether oxygens (including phenoxy) is 1. The molecule has 2 aromatic rings. The summed E-state index contributed by atoms with van der Waals surface area (Å²) in [5.74, 6) is -0.304. The van der Waals surface area contributed by atoms with E-state index < -0.39 is 6.04 Å². The van der Waals surface area contributed by atoms with Crippen LogP contribution in [-0.4, -0.2) is 86.7 Å². The van der Waals surface area contributed by atoms with Crippen molar-refractivity contribution >= 4 is 23.3 Å². The number of esters is 1. The van der Waals surface area contributed by atoms with E-state index in [0.717, 1.165) is 51.3 Å². The van der Waals surface area contributed by atoms with Gasteiger partial charge in [-0.2, -0.15) is 0 Å². The van der Waals surface area contributed by atoms with Gasteiger partial charge in [-0.25, -0.2) is 4.79 Å². The minimum atomic E-state index is -0.426. The number of nitrogens with zero attached hydrogens (tertiary/aromatic N) is 4. The smallest absolute Gasteiger partial charge is 0.328 e. The molecule has 2 aromatic carbocycles. The summed E-state index contributed by atoms with van der Waals surface area (Å²) in [5.41, 5.74) is 3.55. The molecule has 7 nitrogen and oxygen atoms in total. The molecule has 192 valence electrons. The van der Waals surface area contributed by atoms with Gasteiger partial charge in [0.1, 0.15) is 6.04 Å². The van der Waals surface area contributed by atoms with Crippen molar-refractivity contribution in [1.82, 2.24) is 9.80 Å². The number of carbonyl (C=O) groups excluding carboxylic acids is 2. The molecule has 36 heavy (non-hydrogen) atoms. The van der Waals surface area contributed by atoms with Gasteiger partial charge in [-0.3, -0.25) is 9.69 Å². The Morgan fingerprint density at radius 3 is 2.08 bits per heavy atom. The van der Waals surface area contributed by atoms with Crippen LogP contribution < -0.4 is 9.80 Å². The molecule has 1 amide bonds. The Hall–Kier alpha value is -3.06. The summed E-state index contributed by atoms with van der Waals surface area (Å²) in [6.45, 7) is 7.23. The molecule has 0 aliphatic carbocycles. The third-order valence-corrected chi connectivity index (χ3v) is 8.12. The van der Waals surface area contributed by atoms with Crippen LogP contribution in [0.25, 0.3) is 0 Å². The van der Waals surface area contributed by atoms with Crippen molar-refractivity contribution in [2.45, 2.75) is 44.2 Å². The van der Waals surface area contributed by atoms with Crippen LogP contribution in [0.1, 0.15) is 31.2 Å². The van der Waals surface area contributed by atoms with Crippen molar-refractivity contribution in [3.8, 4) is 0 Å². The molecule has 0 saturated carbocycles. The first-order valence-corrected chi connectivity index (χ1v) is 13.4. The van der Waals surface area contributed by atoms with Gasteiger partial charge in [0.25, 0.3) is 0 Å². The lowest BCUT2D eigenvalue weighted by Crippen LogP contribution is -2.53. The van der Waals surface area contributed by atoms with Crippen LogP contribution in [0.2, 0.25) is 0 Å². The molecule has 0 radical (unpaired) electrons. The molecule has 3 aliphatic rings. The van der Waals surface area contributed by atoms with Crippen molar-refractivity contribution in [1.29, 1.82) is 0 Å². The van der Waals surface area contributed by atoms with Gasteiger partial charge in [0.15, 0.2) is 0 Å². The van der Waals surface area contributed by atoms with Crippen molar-refractivity contribution in [2.75, 3.05) is 62.7 Å². The number of likely N-dealkylation sites (tertiary alicyclic amines) is 1. The predicted octanol–water partition coefficient (Wildman–Crippen LogP) is 3.18. The van der Waals surface area contributed by atoms with Gasteiger partial charge in [-0.05, 0) is 55.5 Å². The zero-order valence-electron chi connectivity index (χ0n) is 21.3. The first-order chi connectivity index (χ1) is 17.6. The van der Waals surface area contributed by atoms with Gasteiger partial charge >= 0.3 is 5.97 Å². The van der Waals surface area contributed by atoms with Crippen molar-refractivity contribution in [3.05, 3.63) is 60.2 Å². The molecule has 3 saturated heterocycles. The van der Waals surface area contributed by atoms with Crippen molar-refractivity contribution < 1.29 is 14.3 Å². The largest absolute Gasteiger partial charge is 0.467 e. The number of methoxy groups -OCH3 is 1. The maximum atomic E-state index is 12.8. The van der Waals surface area contributed by atoms with Crippen LogP contribution in [-0.2, 0) is 20.7 Å². The molecule has 5 rings (SSSR count). The van der Waals surface area contributed by atoms with Crippen LogP contribution in [0.3, 0.4) is 0 Å². The first kappa shape index (κ1) is 24.6. The zero-order valence-corrected chi connectivity index (χ0v) is 21.3. The number of piperazine rings is 1. The average Bonchev–Trinajstić information content (AvgIpc) is 3.44. The normalized spacial score (nSPS) is 21.6. The van der Waals surface area contributed by atoms with Crippen molar-refractivity contribution in [2.24, 2.45) is 0 Å². The molecule has 7 heteroatoms. The lowest BCUT2D eigenvalue weighted by atomic mass is 10.0. The van der Waals surface area contributed by atoms with E-state index in [0.29, 0.717) is 25.4 Å². The Bertz CT molecular complexity index is 1010. The minimum Gasteiger partial charge on any atom is -0.467 e. The van der Waals surface area contributed by atoms with Gasteiger partial charge < -0.3 is 19.4 Å². The highest BCUT2D eigenvalue weighted by Gasteiger charge is 2.34. The maximum absolute atomic E-state index is 12.8. The Kier molecular flexibility index (Phi) is 7.75. The van der Waals surface area contributed by atoms with E-state index in [9.17, 15) is 9.59 Å². The molecule has 1 atom stereocenters. The molecule has 0 bridgehead atoms. The summed E-state index contributed by atoms with van der Waals surface area (Å²) in [5, 5.41) is 0. The predicted molar refractivity (Wildman–Crippen MR) is 142 cm³/mol. The number of hydrogen-bond donors (Lipinski definition) is 0.